The Morgan fingerprint density at radius 2 is 2.20 bits per heavy atom. The summed E-state index contributed by atoms with van der Waals surface area (Å²) >= 11 is 0. The molecule has 0 saturated carbocycles. The summed E-state index contributed by atoms with van der Waals surface area (Å²) in [6.45, 7) is 1.95. The molecule has 0 radical (unpaired) electrons. The van der Waals surface area contributed by atoms with Gasteiger partial charge in [0.15, 0.2) is 0 Å². The zero-order valence-corrected chi connectivity index (χ0v) is 5.59. The molecule has 3 nitrogen and oxygen atoms in total. The second kappa shape index (κ2) is 2.17. The highest BCUT2D eigenvalue weighted by Gasteiger charge is 2.05. The first-order chi connectivity index (χ1) is 4.97. The summed E-state index contributed by atoms with van der Waals surface area (Å²) in [4.78, 5) is 4.15. The molecule has 52 valence electrons. The van der Waals surface area contributed by atoms with Crippen molar-refractivity contribution in [2.45, 2.75) is 0 Å². The minimum absolute atomic E-state index is 0.962. The highest BCUT2D eigenvalue weighted by molar-refractivity contribution is 5.65. The van der Waals surface area contributed by atoms with Crippen molar-refractivity contribution >= 4 is 11.5 Å². The van der Waals surface area contributed by atoms with Crippen LogP contribution >= 0.6 is 0 Å². The lowest BCUT2D eigenvalue weighted by atomic mass is 10.3. The first-order valence-corrected chi connectivity index (χ1v) is 3.39. The molecule has 0 atom stereocenters. The smallest absolute Gasteiger partial charge is 0.149 e. The first-order valence-electron chi connectivity index (χ1n) is 3.39. The third kappa shape index (κ3) is 0.795. The van der Waals surface area contributed by atoms with Crippen LogP contribution in [-0.2, 0) is 0 Å². The van der Waals surface area contributed by atoms with Crippen molar-refractivity contribution < 1.29 is 0 Å². The van der Waals surface area contributed by atoms with Crippen LogP contribution in [0.1, 0.15) is 0 Å². The van der Waals surface area contributed by atoms with Gasteiger partial charge in [0, 0.05) is 19.3 Å². The lowest BCUT2D eigenvalue weighted by molar-refractivity contribution is 1.02. The lowest BCUT2D eigenvalue weighted by Crippen LogP contribution is -2.21. The average Bonchev–Trinajstić information content (AvgIpc) is 2.05. The molecule has 1 aromatic heterocycles. The predicted molar refractivity (Wildman–Crippen MR) is 41.2 cm³/mol. The van der Waals surface area contributed by atoms with E-state index in [-0.39, 0.29) is 0 Å². The predicted octanol–water partition coefficient (Wildman–Crippen LogP) is 0.919. The van der Waals surface area contributed by atoms with E-state index in [1.807, 2.05) is 12.1 Å². The monoisotopic (exact) mass is 135 g/mol. The van der Waals surface area contributed by atoms with Crippen molar-refractivity contribution in [2.24, 2.45) is 0 Å². The van der Waals surface area contributed by atoms with Crippen LogP contribution in [0, 0.1) is 0 Å². The maximum absolute atomic E-state index is 4.15. The van der Waals surface area contributed by atoms with Gasteiger partial charge in [-0.2, -0.15) is 0 Å². The fraction of sp³-hybridized carbons (Fsp3) is 0.286. The molecule has 0 bridgehead atoms. The number of aromatic nitrogens is 1. The van der Waals surface area contributed by atoms with Crippen LogP contribution in [0.3, 0.4) is 0 Å². The number of hydrogen-bond donors (Lipinski definition) is 2. The van der Waals surface area contributed by atoms with Crippen molar-refractivity contribution in [3.05, 3.63) is 18.3 Å². The molecule has 0 fully saturated rings. The van der Waals surface area contributed by atoms with Gasteiger partial charge in [0.25, 0.3) is 0 Å². The topological polar surface area (TPSA) is 37.0 Å². The van der Waals surface area contributed by atoms with E-state index in [4.69, 9.17) is 0 Å². The molecule has 0 aromatic carbocycles. The highest BCUT2D eigenvalue weighted by atomic mass is 15.1. The van der Waals surface area contributed by atoms with Crippen molar-refractivity contribution in [3.8, 4) is 0 Å². The molecule has 0 amide bonds. The van der Waals surface area contributed by atoms with Crippen LogP contribution in [0.5, 0.6) is 0 Å². The average molecular weight is 135 g/mol. The molecular weight excluding hydrogens is 126 g/mol. The van der Waals surface area contributed by atoms with Crippen LogP contribution in [0.2, 0.25) is 0 Å². The largest absolute Gasteiger partial charge is 0.380 e. The zero-order chi connectivity index (χ0) is 6.81. The number of anilines is 2. The van der Waals surface area contributed by atoms with Crippen molar-refractivity contribution in [1.82, 2.24) is 4.98 Å². The summed E-state index contributed by atoms with van der Waals surface area (Å²) in [6, 6.07) is 3.95. The lowest BCUT2D eigenvalue weighted by Gasteiger charge is -2.17. The van der Waals surface area contributed by atoms with Gasteiger partial charge in [-0.3, -0.25) is 0 Å². The van der Waals surface area contributed by atoms with E-state index in [1.165, 1.54) is 0 Å². The molecule has 10 heavy (non-hydrogen) atoms. The second-order valence-corrected chi connectivity index (χ2v) is 2.25. The Kier molecular flexibility index (Phi) is 1.20. The summed E-state index contributed by atoms with van der Waals surface area (Å²) in [7, 11) is 0. The summed E-state index contributed by atoms with van der Waals surface area (Å²) in [6.07, 6.45) is 1.79. The van der Waals surface area contributed by atoms with Crippen molar-refractivity contribution in [3.63, 3.8) is 0 Å². The van der Waals surface area contributed by atoms with Crippen LogP contribution in [-0.4, -0.2) is 18.1 Å². The minimum Gasteiger partial charge on any atom is -0.380 e. The molecule has 1 aliphatic heterocycles. The van der Waals surface area contributed by atoms with Gasteiger partial charge in [-0.1, -0.05) is 0 Å². The molecule has 3 heteroatoms. The Balaban J connectivity index is 2.41. The fourth-order valence-electron chi connectivity index (χ4n) is 1.07. The molecule has 1 aromatic rings. The molecule has 0 spiro atoms. The van der Waals surface area contributed by atoms with Crippen LogP contribution < -0.4 is 10.6 Å². The summed E-state index contributed by atoms with van der Waals surface area (Å²) in [5.41, 5.74) is 1.11. The van der Waals surface area contributed by atoms with E-state index < -0.39 is 0 Å². The van der Waals surface area contributed by atoms with Gasteiger partial charge in [0.2, 0.25) is 0 Å². The number of fused-ring (bicyclic) bond motifs is 1. The molecule has 0 aliphatic carbocycles. The number of rotatable bonds is 0. The Labute approximate surface area is 59.5 Å². The molecule has 1 aliphatic rings. The second-order valence-electron chi connectivity index (χ2n) is 2.25. The Bertz CT molecular complexity index is 209. The van der Waals surface area contributed by atoms with Gasteiger partial charge < -0.3 is 10.6 Å². The molecular formula is C7H9N3. The standard InChI is InChI=1S/C7H9N3/c1-2-6-7(9-3-1)10-5-4-8-6/h1-3,8H,4-5H2,(H,9,10). The van der Waals surface area contributed by atoms with E-state index in [0.29, 0.717) is 0 Å². The maximum Gasteiger partial charge on any atom is 0.149 e. The number of pyridine rings is 1. The molecule has 2 N–H and O–H groups in total. The fourth-order valence-corrected chi connectivity index (χ4v) is 1.07. The van der Waals surface area contributed by atoms with Gasteiger partial charge in [0.05, 0.1) is 5.69 Å². The van der Waals surface area contributed by atoms with Crippen molar-refractivity contribution in [1.29, 1.82) is 0 Å². The maximum atomic E-state index is 4.15. The SMILES string of the molecule is c1cnc2c(c1)NCCN2. The van der Waals surface area contributed by atoms with Crippen LogP contribution in [0.15, 0.2) is 18.3 Å². The van der Waals surface area contributed by atoms with E-state index >= 15 is 0 Å². The van der Waals surface area contributed by atoms with E-state index in [0.717, 1.165) is 24.6 Å². The summed E-state index contributed by atoms with van der Waals surface area (Å²) in [5.74, 6) is 0.966. The molecule has 0 saturated heterocycles. The van der Waals surface area contributed by atoms with E-state index in [2.05, 4.69) is 15.6 Å². The van der Waals surface area contributed by atoms with Gasteiger partial charge in [-0.25, -0.2) is 4.98 Å². The third-order valence-electron chi connectivity index (χ3n) is 1.54. The van der Waals surface area contributed by atoms with Crippen LogP contribution in [0.4, 0.5) is 11.5 Å². The normalized spacial score (nSPS) is 14.8. The third-order valence-corrected chi connectivity index (χ3v) is 1.54. The molecule has 0 unspecified atom stereocenters. The Morgan fingerprint density at radius 1 is 1.30 bits per heavy atom. The van der Waals surface area contributed by atoms with Gasteiger partial charge >= 0.3 is 0 Å². The van der Waals surface area contributed by atoms with Crippen LogP contribution in [0.25, 0.3) is 0 Å². The zero-order valence-electron chi connectivity index (χ0n) is 5.59. The quantitative estimate of drug-likeness (QED) is 0.555. The first kappa shape index (κ1) is 5.53. The Hall–Kier alpha value is -1.25. The Morgan fingerprint density at radius 3 is 3.10 bits per heavy atom. The number of nitrogens with one attached hydrogen (secondary N) is 2. The minimum atomic E-state index is 0.962. The van der Waals surface area contributed by atoms with Crippen molar-refractivity contribution in [2.75, 3.05) is 23.7 Å². The van der Waals surface area contributed by atoms with E-state index in [1.54, 1.807) is 6.20 Å². The molecule has 2 rings (SSSR count). The highest BCUT2D eigenvalue weighted by Crippen LogP contribution is 2.19. The summed E-state index contributed by atoms with van der Waals surface area (Å²) < 4.78 is 0. The molecule has 2 heterocycles. The number of nitrogens with zero attached hydrogens (tertiary/aromatic N) is 1. The van der Waals surface area contributed by atoms with Gasteiger partial charge in [-0.05, 0) is 12.1 Å². The van der Waals surface area contributed by atoms with E-state index in [9.17, 15) is 0 Å². The summed E-state index contributed by atoms with van der Waals surface area (Å²) in [5, 5.41) is 6.43. The number of hydrogen-bond acceptors (Lipinski definition) is 3. The van der Waals surface area contributed by atoms with Gasteiger partial charge in [-0.15, -0.1) is 0 Å². The van der Waals surface area contributed by atoms with Gasteiger partial charge in [0.1, 0.15) is 5.82 Å².